The lowest BCUT2D eigenvalue weighted by atomic mass is 10.1. The molecule has 6 nitrogen and oxygen atoms in total. The Balaban J connectivity index is 1.50. The smallest absolute Gasteiger partial charge is 0.291 e. The zero-order valence-electron chi connectivity index (χ0n) is 18.8. The number of piperazine rings is 1. The van der Waals surface area contributed by atoms with E-state index >= 15 is 0 Å². The molecule has 2 amide bonds. The van der Waals surface area contributed by atoms with E-state index in [1.54, 1.807) is 48.5 Å². The highest BCUT2D eigenvalue weighted by Gasteiger charge is 2.26. The summed E-state index contributed by atoms with van der Waals surface area (Å²) in [7, 11) is 0. The van der Waals surface area contributed by atoms with Crippen molar-refractivity contribution in [3.8, 4) is 11.3 Å². The highest BCUT2D eigenvalue weighted by Crippen LogP contribution is 2.35. The van der Waals surface area contributed by atoms with E-state index in [0.29, 0.717) is 58.3 Å². The number of nitrogens with zero attached hydrogens (tertiary/aromatic N) is 2. The number of halogens is 3. The van der Waals surface area contributed by atoms with Crippen LogP contribution in [0.15, 0.2) is 52.9 Å². The van der Waals surface area contributed by atoms with Gasteiger partial charge in [0.15, 0.2) is 5.76 Å². The van der Waals surface area contributed by atoms with Crippen molar-refractivity contribution in [3.05, 3.63) is 69.4 Å². The fraction of sp³-hybridized carbons (Fsp3) is 0.280. The maximum atomic E-state index is 13.0. The summed E-state index contributed by atoms with van der Waals surface area (Å²) in [4.78, 5) is 29.2. The van der Waals surface area contributed by atoms with Crippen molar-refractivity contribution in [2.45, 2.75) is 13.8 Å². The first-order valence-corrected chi connectivity index (χ1v) is 12.1. The summed E-state index contributed by atoms with van der Waals surface area (Å²) in [5.74, 6) is 0.357. The lowest BCUT2D eigenvalue weighted by molar-refractivity contribution is -0.134. The van der Waals surface area contributed by atoms with E-state index in [9.17, 15) is 9.59 Å². The van der Waals surface area contributed by atoms with Gasteiger partial charge in [-0.15, -0.1) is 0 Å². The molecule has 0 unspecified atom stereocenters. The van der Waals surface area contributed by atoms with E-state index < -0.39 is 5.91 Å². The average molecular weight is 521 g/mol. The molecule has 1 N–H and O–H groups in total. The zero-order valence-corrected chi connectivity index (χ0v) is 21.0. The van der Waals surface area contributed by atoms with Crippen molar-refractivity contribution in [2.24, 2.45) is 5.92 Å². The SMILES string of the molecule is CC(C)C(=O)N1CCN(c2c(Cl)cccc2NC(=O)c2ccc(-c3ccc(Cl)c(Cl)c3)o2)CC1. The van der Waals surface area contributed by atoms with Crippen LogP contribution in [0, 0.1) is 5.92 Å². The molecule has 0 aliphatic carbocycles. The van der Waals surface area contributed by atoms with Crippen LogP contribution in [-0.4, -0.2) is 42.9 Å². The molecule has 0 spiro atoms. The molecule has 1 fully saturated rings. The summed E-state index contributed by atoms with van der Waals surface area (Å²) in [5.41, 5.74) is 2.02. The van der Waals surface area contributed by atoms with Crippen LogP contribution in [0.25, 0.3) is 11.3 Å². The van der Waals surface area contributed by atoms with Gasteiger partial charge in [0, 0.05) is 37.7 Å². The van der Waals surface area contributed by atoms with Crippen molar-refractivity contribution in [3.63, 3.8) is 0 Å². The van der Waals surface area contributed by atoms with Crippen LogP contribution in [0.2, 0.25) is 15.1 Å². The number of hydrogen-bond acceptors (Lipinski definition) is 4. The normalized spacial score (nSPS) is 13.9. The number of carbonyl (C=O) groups is 2. The Morgan fingerprint density at radius 1 is 0.912 bits per heavy atom. The highest BCUT2D eigenvalue weighted by atomic mass is 35.5. The molecular formula is C25H24Cl3N3O3. The number of carbonyl (C=O) groups excluding carboxylic acids is 2. The van der Waals surface area contributed by atoms with E-state index in [4.69, 9.17) is 39.2 Å². The minimum absolute atomic E-state index is 0.0382. The first-order valence-electron chi connectivity index (χ1n) is 10.9. The third-order valence-electron chi connectivity index (χ3n) is 5.67. The largest absolute Gasteiger partial charge is 0.451 e. The molecule has 3 aromatic rings. The Bertz CT molecular complexity index is 1220. The van der Waals surface area contributed by atoms with Gasteiger partial charge < -0.3 is 19.5 Å². The average Bonchev–Trinajstić information content (AvgIpc) is 3.31. The Hall–Kier alpha value is -2.67. The lowest BCUT2D eigenvalue weighted by Crippen LogP contribution is -2.50. The predicted molar refractivity (Wildman–Crippen MR) is 137 cm³/mol. The van der Waals surface area contributed by atoms with Crippen LogP contribution in [0.4, 0.5) is 11.4 Å². The molecule has 4 rings (SSSR count). The molecule has 0 bridgehead atoms. The highest BCUT2D eigenvalue weighted by molar-refractivity contribution is 6.42. The second kappa shape index (κ2) is 10.3. The fourth-order valence-electron chi connectivity index (χ4n) is 3.90. The van der Waals surface area contributed by atoms with E-state index in [-0.39, 0.29) is 17.6 Å². The minimum Gasteiger partial charge on any atom is -0.451 e. The summed E-state index contributed by atoms with van der Waals surface area (Å²) in [6, 6.07) is 13.8. The molecular weight excluding hydrogens is 497 g/mol. The van der Waals surface area contributed by atoms with Crippen molar-refractivity contribution < 1.29 is 14.0 Å². The molecule has 9 heteroatoms. The van der Waals surface area contributed by atoms with Gasteiger partial charge in [-0.25, -0.2) is 0 Å². The number of amides is 2. The second-order valence-corrected chi connectivity index (χ2v) is 9.57. The number of anilines is 2. The number of hydrogen-bond donors (Lipinski definition) is 1. The second-order valence-electron chi connectivity index (χ2n) is 8.35. The summed E-state index contributed by atoms with van der Waals surface area (Å²) in [6.07, 6.45) is 0. The third kappa shape index (κ3) is 5.19. The van der Waals surface area contributed by atoms with Gasteiger partial charge in [0.2, 0.25) is 5.91 Å². The Morgan fingerprint density at radius 2 is 1.65 bits per heavy atom. The first kappa shape index (κ1) is 24.5. The summed E-state index contributed by atoms with van der Waals surface area (Å²) in [5, 5.41) is 4.29. The van der Waals surface area contributed by atoms with Crippen LogP contribution < -0.4 is 10.2 Å². The van der Waals surface area contributed by atoms with Gasteiger partial charge in [-0.1, -0.05) is 54.7 Å². The van der Waals surface area contributed by atoms with E-state index in [0.717, 1.165) is 5.69 Å². The molecule has 1 aliphatic heterocycles. The molecule has 34 heavy (non-hydrogen) atoms. The van der Waals surface area contributed by atoms with Crippen molar-refractivity contribution in [1.82, 2.24) is 4.90 Å². The molecule has 0 radical (unpaired) electrons. The fourth-order valence-corrected chi connectivity index (χ4v) is 4.49. The van der Waals surface area contributed by atoms with Crippen molar-refractivity contribution in [1.29, 1.82) is 0 Å². The van der Waals surface area contributed by atoms with E-state index in [2.05, 4.69) is 10.2 Å². The number of benzene rings is 2. The van der Waals surface area contributed by atoms with E-state index in [1.807, 2.05) is 18.7 Å². The van der Waals surface area contributed by atoms with Crippen LogP contribution in [0.3, 0.4) is 0 Å². The van der Waals surface area contributed by atoms with E-state index in [1.165, 1.54) is 0 Å². The molecule has 1 aromatic heterocycles. The van der Waals surface area contributed by atoms with Gasteiger partial charge in [-0.05, 0) is 42.5 Å². The number of nitrogens with one attached hydrogen (secondary N) is 1. The number of para-hydroxylation sites is 1. The van der Waals surface area contributed by atoms with Crippen molar-refractivity contribution in [2.75, 3.05) is 36.4 Å². The quantitative estimate of drug-likeness (QED) is 0.419. The third-order valence-corrected chi connectivity index (χ3v) is 6.71. The summed E-state index contributed by atoms with van der Waals surface area (Å²) < 4.78 is 5.77. The van der Waals surface area contributed by atoms with Gasteiger partial charge in [-0.2, -0.15) is 0 Å². The monoisotopic (exact) mass is 519 g/mol. The van der Waals surface area contributed by atoms with Gasteiger partial charge in [0.05, 0.1) is 26.4 Å². The number of furan rings is 1. The van der Waals surface area contributed by atoms with Crippen LogP contribution in [-0.2, 0) is 4.79 Å². The molecule has 0 saturated carbocycles. The van der Waals surface area contributed by atoms with Crippen molar-refractivity contribution >= 4 is 58.0 Å². The molecule has 0 atom stereocenters. The van der Waals surface area contributed by atoms with Gasteiger partial charge >= 0.3 is 0 Å². The predicted octanol–water partition coefficient (Wildman–Crippen LogP) is 6.46. The topological polar surface area (TPSA) is 65.8 Å². The van der Waals surface area contributed by atoms with Gasteiger partial charge in [0.25, 0.3) is 5.91 Å². The first-order chi connectivity index (χ1) is 16.2. The summed E-state index contributed by atoms with van der Waals surface area (Å²) >= 11 is 18.6. The molecule has 2 aromatic carbocycles. The Kier molecular flexibility index (Phi) is 7.41. The maximum absolute atomic E-state index is 13.0. The zero-order chi connectivity index (χ0) is 24.4. The minimum atomic E-state index is -0.400. The standard InChI is InChI=1S/C25H24Cl3N3O3/c1-15(2)25(33)31-12-10-30(11-13-31)23-18(27)4-3-5-20(23)29-24(32)22-9-8-21(34-22)16-6-7-17(26)19(28)14-16/h3-9,14-15H,10-13H2,1-2H3,(H,29,32). The van der Waals surface area contributed by atoms with Crippen LogP contribution in [0.5, 0.6) is 0 Å². The Morgan fingerprint density at radius 3 is 2.32 bits per heavy atom. The summed E-state index contributed by atoms with van der Waals surface area (Å²) in [6.45, 7) is 6.23. The molecule has 1 aliphatic rings. The molecule has 2 heterocycles. The van der Waals surface area contributed by atoms with Gasteiger partial charge in [0.1, 0.15) is 5.76 Å². The Labute approximate surface area is 213 Å². The van der Waals surface area contributed by atoms with Crippen LogP contribution >= 0.6 is 34.8 Å². The molecule has 1 saturated heterocycles. The molecule has 178 valence electrons. The van der Waals surface area contributed by atoms with Crippen LogP contribution in [0.1, 0.15) is 24.4 Å². The number of rotatable bonds is 5. The maximum Gasteiger partial charge on any atom is 0.291 e. The van der Waals surface area contributed by atoms with Gasteiger partial charge in [-0.3, -0.25) is 9.59 Å². The lowest BCUT2D eigenvalue weighted by Gasteiger charge is -2.38.